The lowest BCUT2D eigenvalue weighted by Gasteiger charge is -2.22. The highest BCUT2D eigenvalue weighted by atomic mass is 35.5. The van der Waals surface area contributed by atoms with E-state index < -0.39 is 5.78 Å². The molecular formula is C21H19ClN2O4. The molecular weight excluding hydrogens is 380 g/mol. The van der Waals surface area contributed by atoms with Crippen LogP contribution in [0.5, 0.6) is 0 Å². The van der Waals surface area contributed by atoms with Gasteiger partial charge in [0.25, 0.3) is 0 Å². The molecule has 2 N–H and O–H groups in total. The van der Waals surface area contributed by atoms with Crippen LogP contribution in [0.25, 0.3) is 0 Å². The van der Waals surface area contributed by atoms with Crippen molar-refractivity contribution in [1.29, 1.82) is 0 Å². The molecule has 0 aromatic heterocycles. The summed E-state index contributed by atoms with van der Waals surface area (Å²) in [5.41, 5.74) is 1.27. The van der Waals surface area contributed by atoms with Gasteiger partial charge in [0.15, 0.2) is 11.6 Å². The van der Waals surface area contributed by atoms with E-state index in [-0.39, 0.29) is 57.8 Å². The Morgan fingerprint density at radius 1 is 0.821 bits per heavy atom. The maximum Gasteiger partial charge on any atom is 0.225 e. The summed E-state index contributed by atoms with van der Waals surface area (Å²) < 4.78 is 0. The molecule has 0 unspecified atom stereocenters. The van der Waals surface area contributed by atoms with Crippen LogP contribution in [0.1, 0.15) is 58.0 Å². The summed E-state index contributed by atoms with van der Waals surface area (Å²) >= 11 is 5.60. The molecule has 2 aromatic carbocycles. The lowest BCUT2D eigenvalue weighted by Crippen LogP contribution is -2.26. The Hall–Kier alpha value is -2.99. The van der Waals surface area contributed by atoms with Gasteiger partial charge in [0.2, 0.25) is 11.8 Å². The molecule has 144 valence electrons. The van der Waals surface area contributed by atoms with Crippen molar-refractivity contribution in [2.24, 2.45) is 0 Å². The van der Waals surface area contributed by atoms with Crippen LogP contribution in [-0.2, 0) is 9.59 Å². The monoisotopic (exact) mass is 398 g/mol. The maximum absolute atomic E-state index is 13.3. The highest BCUT2D eigenvalue weighted by molar-refractivity contribution is 6.32. The molecule has 0 fully saturated rings. The highest BCUT2D eigenvalue weighted by Gasteiger charge is 2.34. The molecule has 1 aliphatic carbocycles. The number of halogens is 1. The average Bonchev–Trinajstić information content (AvgIpc) is 2.66. The van der Waals surface area contributed by atoms with E-state index in [1.807, 2.05) is 6.92 Å². The van der Waals surface area contributed by atoms with Gasteiger partial charge >= 0.3 is 0 Å². The average molecular weight is 399 g/mol. The third kappa shape index (κ3) is 3.68. The van der Waals surface area contributed by atoms with Gasteiger partial charge in [0.05, 0.1) is 22.5 Å². The van der Waals surface area contributed by atoms with E-state index in [1.54, 1.807) is 36.4 Å². The fourth-order valence-electron chi connectivity index (χ4n) is 3.19. The van der Waals surface area contributed by atoms with Gasteiger partial charge in [-0.25, -0.2) is 0 Å². The van der Waals surface area contributed by atoms with E-state index >= 15 is 0 Å². The van der Waals surface area contributed by atoms with E-state index in [2.05, 4.69) is 10.6 Å². The van der Waals surface area contributed by atoms with Gasteiger partial charge in [-0.05, 0) is 18.6 Å². The minimum Gasteiger partial charge on any atom is -0.325 e. The number of alkyl halides is 1. The van der Waals surface area contributed by atoms with Crippen molar-refractivity contribution < 1.29 is 19.2 Å². The minimum absolute atomic E-state index is 0.0856. The van der Waals surface area contributed by atoms with E-state index in [4.69, 9.17) is 11.6 Å². The number of fused-ring (bicyclic) bond motifs is 2. The van der Waals surface area contributed by atoms with E-state index in [0.717, 1.165) is 0 Å². The third-order valence-corrected chi connectivity index (χ3v) is 4.61. The summed E-state index contributed by atoms with van der Waals surface area (Å²) in [4.78, 5) is 50.3. The van der Waals surface area contributed by atoms with Crippen LogP contribution < -0.4 is 10.6 Å². The molecule has 1 aliphatic rings. The zero-order valence-corrected chi connectivity index (χ0v) is 16.1. The van der Waals surface area contributed by atoms with Crippen molar-refractivity contribution in [3.8, 4) is 0 Å². The number of ketones is 2. The van der Waals surface area contributed by atoms with E-state index in [1.165, 1.54) is 0 Å². The first-order valence-electron chi connectivity index (χ1n) is 8.99. The van der Waals surface area contributed by atoms with Crippen LogP contribution in [0, 0.1) is 0 Å². The SMILES string of the molecule is CCCC(=O)Nc1cccc2c1C(=O)c1c(NC(=O)CCCl)cccc1C2=O. The number of hydrogen-bond acceptors (Lipinski definition) is 4. The predicted molar refractivity (Wildman–Crippen MR) is 107 cm³/mol. The number of anilines is 2. The van der Waals surface area contributed by atoms with Gasteiger partial charge in [-0.3, -0.25) is 19.2 Å². The first-order valence-corrected chi connectivity index (χ1v) is 9.52. The molecule has 0 spiro atoms. The molecule has 0 bridgehead atoms. The summed E-state index contributed by atoms with van der Waals surface area (Å²) in [5, 5.41) is 5.37. The molecule has 6 nitrogen and oxygen atoms in total. The van der Waals surface area contributed by atoms with Crippen molar-refractivity contribution in [3.05, 3.63) is 58.7 Å². The van der Waals surface area contributed by atoms with Gasteiger partial charge in [-0.1, -0.05) is 31.2 Å². The Morgan fingerprint density at radius 3 is 1.79 bits per heavy atom. The second-order valence-corrected chi connectivity index (χ2v) is 6.78. The molecule has 0 aliphatic heterocycles. The molecule has 2 amide bonds. The number of carbonyl (C=O) groups excluding carboxylic acids is 4. The zero-order valence-electron chi connectivity index (χ0n) is 15.3. The summed E-state index contributed by atoms with van der Waals surface area (Å²) in [5.74, 6) is -1.18. The standard InChI is InChI=1S/C21H19ClN2O4/c1-2-5-16(25)23-14-8-3-6-12-18(14)21(28)19-13(20(12)27)7-4-9-15(19)24-17(26)10-11-22/h3-4,6-9H,2,5,10-11H2,1H3,(H,23,25)(H,24,26). The second-order valence-electron chi connectivity index (χ2n) is 6.40. The smallest absolute Gasteiger partial charge is 0.225 e. The van der Waals surface area contributed by atoms with E-state index in [0.29, 0.717) is 18.5 Å². The lowest BCUT2D eigenvalue weighted by atomic mass is 9.82. The topological polar surface area (TPSA) is 92.3 Å². The third-order valence-electron chi connectivity index (χ3n) is 4.42. The Bertz CT molecular complexity index is 909. The van der Waals surface area contributed by atoms with Crippen LogP contribution in [0.15, 0.2) is 36.4 Å². The van der Waals surface area contributed by atoms with Crippen LogP contribution in [-0.4, -0.2) is 29.3 Å². The summed E-state index contributed by atoms with van der Waals surface area (Å²) in [6, 6.07) is 9.52. The Kier molecular flexibility index (Phi) is 5.90. The van der Waals surface area contributed by atoms with Gasteiger partial charge in [-0.2, -0.15) is 0 Å². The molecule has 0 saturated carbocycles. The van der Waals surface area contributed by atoms with Gasteiger partial charge in [-0.15, -0.1) is 11.6 Å². The first kappa shape index (κ1) is 19.8. The van der Waals surface area contributed by atoms with Crippen LogP contribution in [0.2, 0.25) is 0 Å². The summed E-state index contributed by atoms with van der Waals surface area (Å²) in [7, 11) is 0. The van der Waals surface area contributed by atoms with E-state index in [9.17, 15) is 19.2 Å². The largest absolute Gasteiger partial charge is 0.325 e. The number of carbonyl (C=O) groups is 4. The first-order chi connectivity index (χ1) is 13.5. The Morgan fingerprint density at radius 2 is 1.32 bits per heavy atom. The van der Waals surface area contributed by atoms with Crippen molar-refractivity contribution in [2.45, 2.75) is 26.2 Å². The van der Waals surface area contributed by atoms with Crippen molar-refractivity contribution >= 4 is 46.4 Å². The van der Waals surface area contributed by atoms with Crippen LogP contribution >= 0.6 is 11.6 Å². The van der Waals surface area contributed by atoms with Crippen LogP contribution in [0.4, 0.5) is 11.4 Å². The molecule has 28 heavy (non-hydrogen) atoms. The van der Waals surface area contributed by atoms with Gasteiger partial charge in [0, 0.05) is 29.8 Å². The highest BCUT2D eigenvalue weighted by Crippen LogP contribution is 2.35. The molecule has 0 saturated heterocycles. The van der Waals surface area contributed by atoms with Crippen molar-refractivity contribution in [2.75, 3.05) is 16.5 Å². The fraction of sp³-hybridized carbons (Fsp3) is 0.238. The summed E-state index contributed by atoms with van der Waals surface area (Å²) in [6.07, 6.45) is 1.05. The number of nitrogens with one attached hydrogen (secondary N) is 2. The molecule has 0 atom stereocenters. The summed E-state index contributed by atoms with van der Waals surface area (Å²) in [6.45, 7) is 1.88. The number of rotatable bonds is 6. The normalized spacial score (nSPS) is 12.2. The number of benzene rings is 2. The fourth-order valence-corrected chi connectivity index (χ4v) is 3.36. The molecule has 3 rings (SSSR count). The lowest BCUT2D eigenvalue weighted by molar-refractivity contribution is -0.116. The van der Waals surface area contributed by atoms with Crippen molar-refractivity contribution in [1.82, 2.24) is 0 Å². The number of amides is 2. The van der Waals surface area contributed by atoms with Gasteiger partial charge in [0.1, 0.15) is 0 Å². The maximum atomic E-state index is 13.3. The predicted octanol–water partition coefficient (Wildman–Crippen LogP) is 3.77. The Balaban J connectivity index is 2.08. The number of hydrogen-bond donors (Lipinski definition) is 2. The van der Waals surface area contributed by atoms with Crippen LogP contribution in [0.3, 0.4) is 0 Å². The molecule has 0 heterocycles. The minimum atomic E-state index is -0.418. The molecule has 2 aromatic rings. The Labute approximate surface area is 167 Å². The second kappa shape index (κ2) is 8.35. The zero-order chi connectivity index (χ0) is 20.3. The quantitative estimate of drug-likeness (QED) is 0.618. The van der Waals surface area contributed by atoms with Gasteiger partial charge < -0.3 is 10.6 Å². The molecule has 7 heteroatoms. The van der Waals surface area contributed by atoms with Crippen molar-refractivity contribution in [3.63, 3.8) is 0 Å². The molecule has 0 radical (unpaired) electrons.